The van der Waals surface area contributed by atoms with Gasteiger partial charge in [-0.3, -0.25) is 4.79 Å². The fraction of sp³-hybridized carbons (Fsp3) is 0.462. The molecule has 18 heavy (non-hydrogen) atoms. The van der Waals surface area contributed by atoms with Gasteiger partial charge in [0, 0.05) is 0 Å². The van der Waals surface area contributed by atoms with Crippen molar-refractivity contribution >= 4 is 35.0 Å². The number of thioether (sulfide) groups is 1. The minimum absolute atomic E-state index is 0.107. The van der Waals surface area contributed by atoms with E-state index in [2.05, 4.69) is 12.2 Å². The van der Waals surface area contributed by atoms with Gasteiger partial charge in [-0.05, 0) is 37.3 Å². The molecule has 1 aromatic carbocycles. The second-order valence-corrected chi connectivity index (χ2v) is 5.84. The Labute approximate surface area is 116 Å². The lowest BCUT2D eigenvalue weighted by Crippen LogP contribution is -2.23. The lowest BCUT2D eigenvalue weighted by molar-refractivity contribution is -0.115. The minimum atomic E-state index is -0.414. The van der Waals surface area contributed by atoms with Crippen molar-refractivity contribution in [1.29, 1.82) is 0 Å². The Morgan fingerprint density at radius 2 is 2.28 bits per heavy atom. The average Bonchev–Trinajstić information content (AvgIpc) is 2.32. The van der Waals surface area contributed by atoms with Gasteiger partial charge < -0.3 is 5.32 Å². The molecule has 0 spiro atoms. The number of halogens is 2. The molecular formula is C13H17ClFNOS. The number of carbonyl (C=O) groups is 1. The SMILES string of the molecule is CCCCSC(C)C(=O)Nc1ccc(F)cc1Cl. The van der Waals surface area contributed by atoms with Gasteiger partial charge in [0.25, 0.3) is 0 Å². The van der Waals surface area contributed by atoms with Crippen LogP contribution in [0.3, 0.4) is 0 Å². The van der Waals surface area contributed by atoms with Gasteiger partial charge in [0.15, 0.2) is 0 Å². The van der Waals surface area contributed by atoms with E-state index in [1.807, 2.05) is 6.92 Å². The molecule has 0 fully saturated rings. The molecular weight excluding hydrogens is 273 g/mol. The third kappa shape index (κ3) is 4.86. The minimum Gasteiger partial charge on any atom is -0.324 e. The highest BCUT2D eigenvalue weighted by Crippen LogP contribution is 2.23. The zero-order chi connectivity index (χ0) is 13.5. The van der Waals surface area contributed by atoms with Crippen molar-refractivity contribution in [3.63, 3.8) is 0 Å². The summed E-state index contributed by atoms with van der Waals surface area (Å²) >= 11 is 7.45. The molecule has 0 aliphatic heterocycles. The number of benzene rings is 1. The molecule has 1 atom stereocenters. The fourth-order valence-electron chi connectivity index (χ4n) is 1.31. The summed E-state index contributed by atoms with van der Waals surface area (Å²) in [6, 6.07) is 3.93. The third-order valence-corrected chi connectivity index (χ3v) is 3.98. The predicted molar refractivity (Wildman–Crippen MR) is 76.9 cm³/mol. The van der Waals surface area contributed by atoms with Crippen LogP contribution in [0.4, 0.5) is 10.1 Å². The molecule has 1 amide bonds. The van der Waals surface area contributed by atoms with Crippen molar-refractivity contribution in [2.45, 2.75) is 31.9 Å². The first-order valence-corrected chi connectivity index (χ1v) is 7.34. The van der Waals surface area contributed by atoms with Gasteiger partial charge in [-0.15, -0.1) is 11.8 Å². The number of amides is 1. The first-order valence-electron chi connectivity index (χ1n) is 5.92. The first kappa shape index (κ1) is 15.3. The number of hydrogen-bond acceptors (Lipinski definition) is 2. The van der Waals surface area contributed by atoms with Gasteiger partial charge in [0.05, 0.1) is 16.0 Å². The van der Waals surface area contributed by atoms with Crippen LogP contribution < -0.4 is 5.32 Å². The van der Waals surface area contributed by atoms with Crippen molar-refractivity contribution in [2.75, 3.05) is 11.1 Å². The number of unbranched alkanes of at least 4 members (excludes halogenated alkanes) is 1. The molecule has 1 unspecified atom stereocenters. The summed E-state index contributed by atoms with van der Waals surface area (Å²) < 4.78 is 12.8. The normalized spacial score (nSPS) is 12.2. The Morgan fingerprint density at radius 1 is 1.56 bits per heavy atom. The van der Waals surface area contributed by atoms with Crippen LogP contribution in [0.5, 0.6) is 0 Å². The molecule has 1 N–H and O–H groups in total. The van der Waals surface area contributed by atoms with Gasteiger partial charge >= 0.3 is 0 Å². The summed E-state index contributed by atoms with van der Waals surface area (Å²) in [6.07, 6.45) is 2.21. The summed E-state index contributed by atoms with van der Waals surface area (Å²) in [5, 5.41) is 2.78. The van der Waals surface area contributed by atoms with Crippen LogP contribution in [-0.4, -0.2) is 16.9 Å². The molecule has 0 bridgehead atoms. The molecule has 0 aliphatic rings. The monoisotopic (exact) mass is 289 g/mol. The number of hydrogen-bond donors (Lipinski definition) is 1. The summed E-state index contributed by atoms with van der Waals surface area (Å²) in [5.41, 5.74) is 0.450. The van der Waals surface area contributed by atoms with Crippen LogP contribution in [0.25, 0.3) is 0 Å². The summed E-state index contributed by atoms with van der Waals surface area (Å²) in [6.45, 7) is 3.97. The first-order chi connectivity index (χ1) is 8.54. The van der Waals surface area contributed by atoms with E-state index in [1.165, 1.54) is 18.2 Å². The summed E-state index contributed by atoms with van der Waals surface area (Å²) in [4.78, 5) is 11.9. The molecule has 1 aromatic rings. The second-order valence-electron chi connectivity index (χ2n) is 3.98. The van der Waals surface area contributed by atoms with Gasteiger partial charge in [-0.25, -0.2) is 4.39 Å². The maximum Gasteiger partial charge on any atom is 0.237 e. The Bertz CT molecular complexity index is 414. The zero-order valence-electron chi connectivity index (χ0n) is 10.5. The maximum atomic E-state index is 12.8. The number of carbonyl (C=O) groups excluding carboxylic acids is 1. The number of nitrogens with one attached hydrogen (secondary N) is 1. The van der Waals surface area contributed by atoms with Crippen molar-refractivity contribution in [3.8, 4) is 0 Å². The summed E-state index contributed by atoms with van der Waals surface area (Å²) in [5.74, 6) is 0.440. The molecule has 5 heteroatoms. The summed E-state index contributed by atoms with van der Waals surface area (Å²) in [7, 11) is 0. The van der Waals surface area contributed by atoms with Crippen LogP contribution in [0.15, 0.2) is 18.2 Å². The lowest BCUT2D eigenvalue weighted by Gasteiger charge is -2.12. The smallest absolute Gasteiger partial charge is 0.237 e. The molecule has 0 heterocycles. The average molecular weight is 290 g/mol. The molecule has 1 rings (SSSR count). The quantitative estimate of drug-likeness (QED) is 0.789. The molecule has 0 aliphatic carbocycles. The standard InChI is InChI=1S/C13H17ClFNOS/c1-3-4-7-18-9(2)13(17)16-12-6-5-10(15)8-11(12)14/h5-6,8-9H,3-4,7H2,1-2H3,(H,16,17). The molecule has 0 saturated carbocycles. The van der Waals surface area contributed by atoms with Crippen molar-refractivity contribution in [1.82, 2.24) is 0 Å². The predicted octanol–water partition coefficient (Wildman–Crippen LogP) is 4.34. The van der Waals surface area contributed by atoms with Crippen LogP contribution in [0.1, 0.15) is 26.7 Å². The van der Waals surface area contributed by atoms with Gasteiger partial charge in [0.1, 0.15) is 5.82 Å². The molecule has 100 valence electrons. The van der Waals surface area contributed by atoms with Crippen LogP contribution in [0, 0.1) is 5.82 Å². The van der Waals surface area contributed by atoms with Crippen LogP contribution in [-0.2, 0) is 4.79 Å². The van der Waals surface area contributed by atoms with E-state index in [9.17, 15) is 9.18 Å². The number of rotatable bonds is 6. The second kappa shape index (κ2) is 7.64. The largest absolute Gasteiger partial charge is 0.324 e. The van der Waals surface area contributed by atoms with E-state index in [0.29, 0.717) is 5.69 Å². The van der Waals surface area contributed by atoms with E-state index in [1.54, 1.807) is 11.8 Å². The Hall–Kier alpha value is -0.740. The van der Waals surface area contributed by atoms with Gasteiger partial charge in [-0.2, -0.15) is 0 Å². The van der Waals surface area contributed by atoms with Gasteiger partial charge in [0.2, 0.25) is 5.91 Å². The van der Waals surface area contributed by atoms with E-state index in [-0.39, 0.29) is 16.2 Å². The van der Waals surface area contributed by atoms with E-state index >= 15 is 0 Å². The van der Waals surface area contributed by atoms with E-state index in [4.69, 9.17) is 11.6 Å². The van der Waals surface area contributed by atoms with Crippen LogP contribution >= 0.6 is 23.4 Å². The highest BCUT2D eigenvalue weighted by Gasteiger charge is 2.14. The Kier molecular flexibility index (Phi) is 6.50. The molecule has 0 radical (unpaired) electrons. The fourth-order valence-corrected chi connectivity index (χ4v) is 2.54. The highest BCUT2D eigenvalue weighted by molar-refractivity contribution is 8.00. The molecule has 0 saturated heterocycles. The van der Waals surface area contributed by atoms with Crippen molar-refractivity contribution < 1.29 is 9.18 Å². The maximum absolute atomic E-state index is 12.8. The molecule has 0 aromatic heterocycles. The molecule has 2 nitrogen and oxygen atoms in total. The zero-order valence-corrected chi connectivity index (χ0v) is 12.1. The number of anilines is 1. The van der Waals surface area contributed by atoms with Crippen LogP contribution in [0.2, 0.25) is 5.02 Å². The lowest BCUT2D eigenvalue weighted by atomic mass is 10.3. The highest BCUT2D eigenvalue weighted by atomic mass is 35.5. The van der Waals surface area contributed by atoms with Crippen molar-refractivity contribution in [2.24, 2.45) is 0 Å². The van der Waals surface area contributed by atoms with Crippen molar-refractivity contribution in [3.05, 3.63) is 29.0 Å². The van der Waals surface area contributed by atoms with E-state index < -0.39 is 5.82 Å². The Balaban J connectivity index is 2.53. The third-order valence-electron chi connectivity index (χ3n) is 2.42. The van der Waals surface area contributed by atoms with Gasteiger partial charge in [-0.1, -0.05) is 24.9 Å². The Morgan fingerprint density at radius 3 is 2.89 bits per heavy atom. The van der Waals surface area contributed by atoms with E-state index in [0.717, 1.165) is 18.6 Å². The topological polar surface area (TPSA) is 29.1 Å².